The average Bonchev–Trinajstić information content (AvgIpc) is 2.81. The van der Waals surface area contributed by atoms with Crippen LogP contribution < -0.4 is 16.0 Å². The van der Waals surface area contributed by atoms with Gasteiger partial charge in [0.2, 0.25) is 0 Å². The van der Waals surface area contributed by atoms with Gasteiger partial charge in [0.15, 0.2) is 5.78 Å². The highest BCUT2D eigenvalue weighted by molar-refractivity contribution is 6.00. The Labute approximate surface area is 195 Å². The van der Waals surface area contributed by atoms with Gasteiger partial charge in [-0.2, -0.15) is 13.2 Å². The van der Waals surface area contributed by atoms with E-state index in [0.717, 1.165) is 30.3 Å². The molecule has 2 amide bonds. The number of hydrogen-bond acceptors (Lipinski definition) is 4. The fraction of sp³-hybridized carbons (Fsp3) is 0.280. The summed E-state index contributed by atoms with van der Waals surface area (Å²) in [6.07, 6.45) is 0.925. The molecule has 0 unspecified atom stereocenters. The van der Waals surface area contributed by atoms with Crippen molar-refractivity contribution in [3.8, 4) is 0 Å². The molecule has 0 aromatic heterocycles. The lowest BCUT2D eigenvalue weighted by Crippen LogP contribution is -2.43. The van der Waals surface area contributed by atoms with E-state index in [1.807, 2.05) is 11.0 Å². The van der Waals surface area contributed by atoms with Crippen molar-refractivity contribution >= 4 is 28.8 Å². The lowest BCUT2D eigenvalue weighted by atomic mass is 9.99. The number of urea groups is 1. The number of hydrogen-bond donors (Lipinski definition) is 3. The third kappa shape index (κ3) is 6.12. The molecule has 0 bridgehead atoms. The number of rotatable bonds is 5. The molecule has 0 radical (unpaired) electrons. The minimum absolute atomic E-state index is 0.0456. The maximum absolute atomic E-state index is 13.7. The quantitative estimate of drug-likeness (QED) is 0.594. The van der Waals surface area contributed by atoms with Crippen molar-refractivity contribution in [1.29, 1.82) is 0 Å². The van der Waals surface area contributed by atoms with Crippen LogP contribution in [0.4, 0.5) is 29.3 Å². The molecule has 4 rings (SSSR count). The summed E-state index contributed by atoms with van der Waals surface area (Å²) in [6, 6.07) is 10.2. The Kier molecular flexibility index (Phi) is 7.14. The number of piperazine rings is 1. The maximum atomic E-state index is 13.7. The number of nitrogens with zero attached hydrogens (tertiary/aromatic N) is 1. The van der Waals surface area contributed by atoms with Crippen molar-refractivity contribution in [3.05, 3.63) is 77.4 Å². The van der Waals surface area contributed by atoms with Crippen molar-refractivity contribution < 1.29 is 22.8 Å². The minimum Gasteiger partial charge on any atom is -0.314 e. The van der Waals surface area contributed by atoms with E-state index in [4.69, 9.17) is 0 Å². The van der Waals surface area contributed by atoms with Crippen LogP contribution in [0.25, 0.3) is 5.57 Å². The molecule has 1 saturated heterocycles. The van der Waals surface area contributed by atoms with Crippen LogP contribution in [0.3, 0.4) is 0 Å². The number of alkyl halides is 3. The van der Waals surface area contributed by atoms with Crippen molar-refractivity contribution in [2.75, 3.05) is 36.8 Å². The summed E-state index contributed by atoms with van der Waals surface area (Å²) < 4.78 is 41.1. The van der Waals surface area contributed by atoms with Crippen LogP contribution in [0.15, 0.2) is 60.7 Å². The van der Waals surface area contributed by atoms with Crippen LogP contribution in [0.2, 0.25) is 0 Å². The predicted octanol–water partition coefficient (Wildman–Crippen LogP) is 4.67. The monoisotopic (exact) mass is 470 g/mol. The number of benzene rings is 2. The normalized spacial score (nSPS) is 16.8. The molecule has 1 aliphatic heterocycles. The zero-order valence-electron chi connectivity index (χ0n) is 18.4. The summed E-state index contributed by atoms with van der Waals surface area (Å²) >= 11 is 0. The highest BCUT2D eigenvalue weighted by atomic mass is 19.4. The number of nitrogens with one attached hydrogen (secondary N) is 3. The highest BCUT2D eigenvalue weighted by Gasteiger charge is 2.34. The Morgan fingerprint density at radius 1 is 0.971 bits per heavy atom. The molecule has 0 spiro atoms. The summed E-state index contributed by atoms with van der Waals surface area (Å²) in [4.78, 5) is 25.7. The topological polar surface area (TPSA) is 73.5 Å². The van der Waals surface area contributed by atoms with Crippen molar-refractivity contribution in [2.24, 2.45) is 0 Å². The van der Waals surface area contributed by atoms with Crippen molar-refractivity contribution in [2.45, 2.75) is 19.1 Å². The number of carbonyl (C=O) groups is 2. The predicted molar refractivity (Wildman–Crippen MR) is 125 cm³/mol. The van der Waals surface area contributed by atoms with Crippen molar-refractivity contribution in [1.82, 2.24) is 10.2 Å². The second kappa shape index (κ2) is 10.2. The molecule has 2 aliphatic rings. The summed E-state index contributed by atoms with van der Waals surface area (Å²) in [7, 11) is 0. The standard InChI is InChI=1S/C25H25F3N4O2/c26-25(27,28)23-15-21(8-3-19(23)16-32-13-11-29-12-14-32)31-24(34)30-20-6-1-17(2-7-20)18-4-9-22(33)10-5-18/h1-9,15,29H,10-14,16H2,(H2,30,31,34). The molecule has 0 saturated carbocycles. The first-order valence-electron chi connectivity index (χ1n) is 11.0. The van der Waals surface area contributed by atoms with E-state index in [1.165, 1.54) is 18.2 Å². The van der Waals surface area contributed by atoms with Gasteiger partial charge in [-0.25, -0.2) is 4.79 Å². The van der Waals surface area contributed by atoms with E-state index < -0.39 is 17.8 Å². The first kappa shape index (κ1) is 23.7. The third-order valence-electron chi connectivity index (χ3n) is 5.72. The van der Waals surface area contributed by atoms with Crippen LogP contribution in [0.1, 0.15) is 23.1 Å². The van der Waals surface area contributed by atoms with E-state index in [-0.39, 0.29) is 23.6 Å². The Balaban J connectivity index is 1.41. The molecule has 1 aliphatic carbocycles. The summed E-state index contributed by atoms with van der Waals surface area (Å²) in [5, 5.41) is 8.29. The van der Waals surface area contributed by atoms with Gasteiger partial charge in [-0.3, -0.25) is 9.69 Å². The lowest BCUT2D eigenvalue weighted by Gasteiger charge is -2.28. The van der Waals surface area contributed by atoms with Gasteiger partial charge >= 0.3 is 12.2 Å². The fourth-order valence-electron chi connectivity index (χ4n) is 3.95. The highest BCUT2D eigenvalue weighted by Crippen LogP contribution is 2.34. The van der Waals surface area contributed by atoms with Gasteiger partial charge in [-0.05, 0) is 47.0 Å². The Morgan fingerprint density at radius 2 is 1.65 bits per heavy atom. The van der Waals surface area contributed by atoms with E-state index in [0.29, 0.717) is 25.2 Å². The Hall–Kier alpha value is -3.43. The molecule has 34 heavy (non-hydrogen) atoms. The Morgan fingerprint density at radius 3 is 2.29 bits per heavy atom. The maximum Gasteiger partial charge on any atom is 0.416 e. The van der Waals surface area contributed by atoms with Gasteiger partial charge in [0.1, 0.15) is 0 Å². The zero-order chi connectivity index (χ0) is 24.1. The molecule has 9 heteroatoms. The van der Waals surface area contributed by atoms with Crippen LogP contribution in [-0.2, 0) is 17.5 Å². The average molecular weight is 470 g/mol. The molecular weight excluding hydrogens is 445 g/mol. The van der Waals surface area contributed by atoms with E-state index in [2.05, 4.69) is 16.0 Å². The second-order valence-electron chi connectivity index (χ2n) is 8.22. The SMILES string of the molecule is O=C1C=CC(c2ccc(NC(=O)Nc3ccc(CN4CCNCC4)c(C(F)(F)F)c3)cc2)=CC1. The first-order valence-corrected chi connectivity index (χ1v) is 11.0. The number of halogens is 3. The Bertz CT molecular complexity index is 1120. The number of anilines is 2. The zero-order valence-corrected chi connectivity index (χ0v) is 18.4. The molecular formula is C25H25F3N4O2. The molecule has 3 N–H and O–H groups in total. The number of ketones is 1. The van der Waals surface area contributed by atoms with E-state index in [9.17, 15) is 22.8 Å². The number of allylic oxidation sites excluding steroid dienone is 4. The van der Waals surface area contributed by atoms with Crippen LogP contribution in [0.5, 0.6) is 0 Å². The summed E-state index contributed by atoms with van der Waals surface area (Å²) in [5.74, 6) is 0.0456. The van der Waals surface area contributed by atoms with Gasteiger partial charge in [-0.15, -0.1) is 0 Å². The van der Waals surface area contributed by atoms with Gasteiger partial charge in [-0.1, -0.05) is 30.4 Å². The van der Waals surface area contributed by atoms with Crippen LogP contribution in [-0.4, -0.2) is 42.9 Å². The largest absolute Gasteiger partial charge is 0.416 e. The minimum atomic E-state index is -4.53. The summed E-state index contributed by atoms with van der Waals surface area (Å²) in [5.41, 5.74) is 1.79. The van der Waals surface area contributed by atoms with Gasteiger partial charge < -0.3 is 16.0 Å². The van der Waals surface area contributed by atoms with Crippen LogP contribution in [0, 0.1) is 0 Å². The van der Waals surface area contributed by atoms with Gasteiger partial charge in [0.25, 0.3) is 0 Å². The van der Waals surface area contributed by atoms with E-state index in [1.54, 1.807) is 30.3 Å². The van der Waals surface area contributed by atoms with Crippen LogP contribution >= 0.6 is 0 Å². The third-order valence-corrected chi connectivity index (χ3v) is 5.72. The number of carbonyl (C=O) groups excluding carboxylic acids is 2. The van der Waals surface area contributed by atoms with E-state index >= 15 is 0 Å². The lowest BCUT2D eigenvalue weighted by molar-refractivity contribution is -0.138. The van der Waals surface area contributed by atoms with Gasteiger partial charge in [0.05, 0.1) is 5.56 Å². The fourth-order valence-corrected chi connectivity index (χ4v) is 3.95. The smallest absolute Gasteiger partial charge is 0.314 e. The molecule has 1 fully saturated rings. The van der Waals surface area contributed by atoms with Crippen molar-refractivity contribution in [3.63, 3.8) is 0 Å². The molecule has 2 aromatic carbocycles. The molecule has 178 valence electrons. The molecule has 0 atom stereocenters. The second-order valence-corrected chi connectivity index (χ2v) is 8.22. The summed E-state index contributed by atoms with van der Waals surface area (Å²) in [6.45, 7) is 3.07. The molecule has 2 aromatic rings. The van der Waals surface area contributed by atoms with Gasteiger partial charge in [0, 0.05) is 50.5 Å². The first-order chi connectivity index (χ1) is 16.3. The molecule has 6 nitrogen and oxygen atoms in total. The molecule has 1 heterocycles. The number of amides is 2.